The minimum Gasteiger partial charge on any atom is -0.410 e. The third kappa shape index (κ3) is 5.13. The molecule has 0 unspecified atom stereocenters. The Kier molecular flexibility index (Phi) is 6.68. The molecule has 2 aromatic heterocycles. The molecule has 0 bridgehead atoms. The second-order valence-electron chi connectivity index (χ2n) is 9.56. The van der Waals surface area contributed by atoms with Crippen LogP contribution in [0.5, 0.6) is 5.75 Å². The van der Waals surface area contributed by atoms with Crippen LogP contribution in [-0.2, 0) is 0 Å². The van der Waals surface area contributed by atoms with Crippen LogP contribution in [0.2, 0.25) is 0 Å². The monoisotopic (exact) mass is 525 g/mol. The normalized spacial score (nSPS) is 10.8. The zero-order chi connectivity index (χ0) is 27.5. The zero-order valence-corrected chi connectivity index (χ0v) is 22.1. The van der Waals surface area contributed by atoms with Gasteiger partial charge < -0.3 is 14.6 Å². The molecule has 7 nitrogen and oxygen atoms in total. The topological polar surface area (TPSA) is 83.1 Å². The van der Waals surface area contributed by atoms with Crippen LogP contribution in [0, 0.1) is 0 Å². The fourth-order valence-corrected chi connectivity index (χ4v) is 4.64. The van der Waals surface area contributed by atoms with E-state index in [1.165, 1.54) is 0 Å². The third-order valence-corrected chi connectivity index (χ3v) is 6.67. The van der Waals surface area contributed by atoms with Gasteiger partial charge in [-0.2, -0.15) is 0 Å². The first-order chi connectivity index (χ1) is 19.5. The lowest BCUT2D eigenvalue weighted by Crippen LogP contribution is -2.16. The molecule has 0 aliphatic heterocycles. The number of hydrogen-bond donors (Lipinski definition) is 2. The summed E-state index contributed by atoms with van der Waals surface area (Å²) in [6.07, 6.45) is 2.98. The van der Waals surface area contributed by atoms with Crippen LogP contribution in [0.4, 0.5) is 16.2 Å². The number of amides is 1. The number of carbonyl (C=O) groups is 1. The summed E-state index contributed by atoms with van der Waals surface area (Å²) in [6, 6.07) is 33.2. The molecule has 0 radical (unpaired) electrons. The van der Waals surface area contributed by atoms with E-state index in [4.69, 9.17) is 9.72 Å². The van der Waals surface area contributed by atoms with Crippen molar-refractivity contribution in [1.82, 2.24) is 15.0 Å². The molecule has 0 fully saturated rings. The van der Waals surface area contributed by atoms with Crippen molar-refractivity contribution in [2.75, 3.05) is 24.3 Å². The number of aromatic amines is 1. The molecule has 40 heavy (non-hydrogen) atoms. The number of imidazole rings is 1. The van der Waals surface area contributed by atoms with E-state index in [2.05, 4.69) is 15.3 Å². The fraction of sp³-hybridized carbons (Fsp3) is 0.0606. The number of pyridine rings is 1. The van der Waals surface area contributed by atoms with Gasteiger partial charge in [0.2, 0.25) is 0 Å². The highest BCUT2D eigenvalue weighted by Gasteiger charge is 2.18. The summed E-state index contributed by atoms with van der Waals surface area (Å²) in [5.74, 6) is 1.21. The molecule has 196 valence electrons. The standard InChI is InChI=1S/C33H27N5O2/c1-38(2)26-14-12-25(13-15-26)35-33(39)40-27-16-11-22-9-6-10-28(29(22)21-27)31-30(23-17-19-34-20-18-23)36-32(37-31)24-7-4-3-5-8-24/h3-21H,1-2H3,(H,35,39)(H,36,37). The van der Waals surface area contributed by atoms with E-state index >= 15 is 0 Å². The second kappa shape index (κ2) is 10.7. The van der Waals surface area contributed by atoms with Gasteiger partial charge in [0, 0.05) is 54.6 Å². The number of hydrogen-bond acceptors (Lipinski definition) is 5. The van der Waals surface area contributed by atoms with Crippen LogP contribution in [0.3, 0.4) is 0 Å². The summed E-state index contributed by atoms with van der Waals surface area (Å²) in [4.78, 5) is 27.5. The number of anilines is 2. The van der Waals surface area contributed by atoms with E-state index in [9.17, 15) is 4.79 Å². The predicted molar refractivity (Wildman–Crippen MR) is 161 cm³/mol. The van der Waals surface area contributed by atoms with Crippen LogP contribution < -0.4 is 15.0 Å². The molecular formula is C33H27N5O2. The van der Waals surface area contributed by atoms with Crippen LogP contribution in [-0.4, -0.2) is 35.1 Å². The van der Waals surface area contributed by atoms with Crippen molar-refractivity contribution < 1.29 is 9.53 Å². The second-order valence-corrected chi connectivity index (χ2v) is 9.56. The van der Waals surface area contributed by atoms with E-state index < -0.39 is 6.09 Å². The SMILES string of the molecule is CN(C)c1ccc(NC(=O)Oc2ccc3cccc(-c4nc(-c5ccccc5)[nH]c4-c4ccncc4)c3c2)cc1. The molecular weight excluding hydrogens is 498 g/mol. The van der Waals surface area contributed by atoms with Gasteiger partial charge in [-0.3, -0.25) is 10.3 Å². The molecule has 0 spiro atoms. The first-order valence-corrected chi connectivity index (χ1v) is 12.9. The smallest absolute Gasteiger partial charge is 0.410 e. The average Bonchev–Trinajstić information content (AvgIpc) is 3.43. The molecule has 6 aromatic rings. The van der Waals surface area contributed by atoms with Crippen LogP contribution >= 0.6 is 0 Å². The number of carbonyl (C=O) groups excluding carboxylic acids is 1. The van der Waals surface area contributed by atoms with Gasteiger partial charge in [0.15, 0.2) is 0 Å². The van der Waals surface area contributed by atoms with Crippen molar-refractivity contribution in [3.05, 3.63) is 116 Å². The molecule has 6 rings (SSSR count). The highest BCUT2D eigenvalue weighted by atomic mass is 16.6. The first kappa shape index (κ1) is 24.9. The molecule has 0 aliphatic rings. The number of ether oxygens (including phenoxy) is 1. The van der Waals surface area contributed by atoms with Crippen molar-refractivity contribution in [3.63, 3.8) is 0 Å². The minimum atomic E-state index is -0.557. The van der Waals surface area contributed by atoms with Gasteiger partial charge in [0.25, 0.3) is 0 Å². The molecule has 0 aliphatic carbocycles. The van der Waals surface area contributed by atoms with Gasteiger partial charge >= 0.3 is 6.09 Å². The van der Waals surface area contributed by atoms with Crippen molar-refractivity contribution >= 4 is 28.2 Å². The summed E-state index contributed by atoms with van der Waals surface area (Å²) in [7, 11) is 3.94. The predicted octanol–water partition coefficient (Wildman–Crippen LogP) is 7.64. The number of aromatic nitrogens is 3. The highest BCUT2D eigenvalue weighted by molar-refractivity contribution is 6.00. The molecule has 0 saturated heterocycles. The van der Waals surface area contributed by atoms with Crippen molar-refractivity contribution in [2.24, 2.45) is 0 Å². The lowest BCUT2D eigenvalue weighted by molar-refractivity contribution is 0.215. The molecule has 2 heterocycles. The lowest BCUT2D eigenvalue weighted by atomic mass is 9.99. The summed E-state index contributed by atoms with van der Waals surface area (Å²) >= 11 is 0. The van der Waals surface area contributed by atoms with Gasteiger partial charge in [-0.1, -0.05) is 54.6 Å². The molecule has 1 amide bonds. The number of nitrogens with zero attached hydrogens (tertiary/aromatic N) is 3. The number of nitrogens with one attached hydrogen (secondary N) is 2. The van der Waals surface area contributed by atoms with Crippen LogP contribution in [0.1, 0.15) is 0 Å². The van der Waals surface area contributed by atoms with Crippen molar-refractivity contribution in [3.8, 4) is 39.7 Å². The molecule has 0 atom stereocenters. The summed E-state index contributed by atoms with van der Waals surface area (Å²) in [5, 5.41) is 4.73. The lowest BCUT2D eigenvalue weighted by Gasteiger charge is -2.13. The Labute approximate surface area is 232 Å². The Morgan fingerprint density at radius 1 is 0.825 bits per heavy atom. The Hall–Kier alpha value is -5.43. The number of fused-ring (bicyclic) bond motifs is 1. The third-order valence-electron chi connectivity index (χ3n) is 6.67. The van der Waals surface area contributed by atoms with Gasteiger partial charge in [-0.05, 0) is 59.3 Å². The summed E-state index contributed by atoms with van der Waals surface area (Å²) < 4.78 is 5.69. The van der Waals surface area contributed by atoms with Crippen LogP contribution in [0.15, 0.2) is 116 Å². The number of rotatable bonds is 6. The van der Waals surface area contributed by atoms with Crippen molar-refractivity contribution in [2.45, 2.75) is 0 Å². The zero-order valence-electron chi connectivity index (χ0n) is 22.1. The van der Waals surface area contributed by atoms with E-state index in [0.717, 1.165) is 50.4 Å². The van der Waals surface area contributed by atoms with E-state index in [-0.39, 0.29) is 0 Å². The molecule has 0 saturated carbocycles. The largest absolute Gasteiger partial charge is 0.417 e. The maximum atomic E-state index is 12.7. The quantitative estimate of drug-likeness (QED) is 0.234. The van der Waals surface area contributed by atoms with E-state index in [0.29, 0.717) is 11.4 Å². The van der Waals surface area contributed by atoms with Gasteiger partial charge in [-0.15, -0.1) is 0 Å². The Bertz CT molecular complexity index is 1780. The average molecular weight is 526 g/mol. The maximum absolute atomic E-state index is 12.7. The van der Waals surface area contributed by atoms with Crippen molar-refractivity contribution in [1.29, 1.82) is 0 Å². The summed E-state index contributed by atoms with van der Waals surface area (Å²) in [6.45, 7) is 0. The molecule has 4 aromatic carbocycles. The maximum Gasteiger partial charge on any atom is 0.417 e. The highest BCUT2D eigenvalue weighted by Crippen LogP contribution is 2.37. The molecule has 7 heteroatoms. The van der Waals surface area contributed by atoms with Gasteiger partial charge in [0.05, 0.1) is 11.4 Å². The minimum absolute atomic E-state index is 0.437. The van der Waals surface area contributed by atoms with Crippen LogP contribution in [0.25, 0.3) is 44.7 Å². The molecule has 2 N–H and O–H groups in total. The van der Waals surface area contributed by atoms with Gasteiger partial charge in [-0.25, -0.2) is 9.78 Å². The van der Waals surface area contributed by atoms with E-state index in [1.54, 1.807) is 18.5 Å². The Balaban J connectivity index is 1.36. The fourth-order valence-electron chi connectivity index (χ4n) is 4.64. The van der Waals surface area contributed by atoms with Gasteiger partial charge in [0.1, 0.15) is 11.6 Å². The summed E-state index contributed by atoms with van der Waals surface area (Å²) in [5.41, 5.74) is 6.28. The Morgan fingerprint density at radius 3 is 2.35 bits per heavy atom. The Morgan fingerprint density at radius 2 is 1.60 bits per heavy atom. The van der Waals surface area contributed by atoms with E-state index in [1.807, 2.05) is 116 Å². The number of benzene rings is 4. The first-order valence-electron chi connectivity index (χ1n) is 12.9. The number of H-pyrrole nitrogens is 1.